The summed E-state index contributed by atoms with van der Waals surface area (Å²) in [4.78, 5) is 13.1. The van der Waals surface area contributed by atoms with Gasteiger partial charge in [0.15, 0.2) is 0 Å². The second kappa shape index (κ2) is 9.36. The molecule has 4 rings (SSSR count). The van der Waals surface area contributed by atoms with Gasteiger partial charge in [-0.05, 0) is 35.4 Å². The molecule has 0 saturated carbocycles. The van der Waals surface area contributed by atoms with Crippen LogP contribution in [0.4, 0.5) is 16.0 Å². The summed E-state index contributed by atoms with van der Waals surface area (Å²) < 4.78 is 13.4. The molecule has 0 aliphatic carbocycles. The van der Waals surface area contributed by atoms with Crippen LogP contribution in [0.3, 0.4) is 0 Å². The van der Waals surface area contributed by atoms with Crippen LogP contribution in [0, 0.1) is 5.82 Å². The predicted molar refractivity (Wildman–Crippen MR) is 124 cm³/mol. The van der Waals surface area contributed by atoms with Crippen LogP contribution in [0.2, 0.25) is 10.0 Å². The van der Waals surface area contributed by atoms with E-state index in [0.29, 0.717) is 22.4 Å². The third kappa shape index (κ3) is 4.60. The van der Waals surface area contributed by atoms with Crippen molar-refractivity contribution >= 4 is 34.8 Å². The van der Waals surface area contributed by atoms with Crippen LogP contribution in [0.1, 0.15) is 11.6 Å². The lowest BCUT2D eigenvalue weighted by Crippen LogP contribution is -2.49. The van der Waals surface area contributed by atoms with Gasteiger partial charge in [-0.25, -0.2) is 14.4 Å². The first-order valence-corrected chi connectivity index (χ1v) is 10.7. The Morgan fingerprint density at radius 2 is 1.68 bits per heavy atom. The van der Waals surface area contributed by atoms with E-state index in [1.165, 1.54) is 18.5 Å². The van der Waals surface area contributed by atoms with Crippen LogP contribution in [-0.4, -0.2) is 47.6 Å². The van der Waals surface area contributed by atoms with Crippen molar-refractivity contribution in [2.75, 3.05) is 43.4 Å². The SMILES string of the molecule is NCC(c1ccc(Cl)c(Cl)c1)N1CCN(c2ncnc(N)c2-c2ccc(F)cc2)CC1. The molecular formula is C22H23Cl2FN6. The zero-order valence-electron chi connectivity index (χ0n) is 16.8. The van der Waals surface area contributed by atoms with Gasteiger partial charge in [0.2, 0.25) is 0 Å². The number of rotatable bonds is 5. The molecule has 0 amide bonds. The zero-order chi connectivity index (χ0) is 22.0. The van der Waals surface area contributed by atoms with Crippen LogP contribution in [0.5, 0.6) is 0 Å². The average molecular weight is 461 g/mol. The zero-order valence-corrected chi connectivity index (χ0v) is 18.3. The normalized spacial score (nSPS) is 15.8. The first kappa shape index (κ1) is 21.8. The summed E-state index contributed by atoms with van der Waals surface area (Å²) in [5, 5.41) is 1.05. The number of nitrogen functional groups attached to an aromatic ring is 1. The van der Waals surface area contributed by atoms with Gasteiger partial charge in [-0.1, -0.05) is 41.4 Å². The number of hydrogen-bond donors (Lipinski definition) is 2. The number of benzene rings is 2. The van der Waals surface area contributed by atoms with Crippen molar-refractivity contribution in [3.63, 3.8) is 0 Å². The maximum atomic E-state index is 13.4. The molecule has 1 fully saturated rings. The van der Waals surface area contributed by atoms with Crippen LogP contribution in [0.25, 0.3) is 11.1 Å². The summed E-state index contributed by atoms with van der Waals surface area (Å²) >= 11 is 12.3. The van der Waals surface area contributed by atoms with Crippen molar-refractivity contribution in [3.05, 3.63) is 70.2 Å². The Hall–Kier alpha value is -2.45. The lowest BCUT2D eigenvalue weighted by molar-refractivity contribution is 0.190. The van der Waals surface area contributed by atoms with Gasteiger partial charge >= 0.3 is 0 Å². The van der Waals surface area contributed by atoms with Crippen LogP contribution in [-0.2, 0) is 0 Å². The molecule has 4 N–H and O–H groups in total. The molecule has 162 valence electrons. The van der Waals surface area contributed by atoms with E-state index in [1.54, 1.807) is 18.2 Å². The summed E-state index contributed by atoms with van der Waals surface area (Å²) in [5.41, 5.74) is 14.8. The van der Waals surface area contributed by atoms with E-state index < -0.39 is 0 Å². The van der Waals surface area contributed by atoms with Crippen molar-refractivity contribution in [2.45, 2.75) is 6.04 Å². The first-order valence-electron chi connectivity index (χ1n) is 9.98. The number of nitrogens with two attached hydrogens (primary N) is 2. The Bertz CT molecular complexity index is 1050. The topological polar surface area (TPSA) is 84.3 Å². The molecule has 1 aliphatic heterocycles. The lowest BCUT2D eigenvalue weighted by atomic mass is 10.0. The summed E-state index contributed by atoms with van der Waals surface area (Å²) in [7, 11) is 0. The third-order valence-electron chi connectivity index (χ3n) is 5.60. The highest BCUT2D eigenvalue weighted by Gasteiger charge is 2.27. The summed E-state index contributed by atoms with van der Waals surface area (Å²) in [6, 6.07) is 11.9. The molecule has 0 bridgehead atoms. The maximum absolute atomic E-state index is 13.4. The maximum Gasteiger partial charge on any atom is 0.142 e. The summed E-state index contributed by atoms with van der Waals surface area (Å²) in [6.07, 6.45) is 1.46. The fourth-order valence-corrected chi connectivity index (χ4v) is 4.29. The van der Waals surface area contributed by atoms with Crippen molar-refractivity contribution < 1.29 is 4.39 Å². The van der Waals surface area contributed by atoms with E-state index in [1.807, 2.05) is 12.1 Å². The van der Waals surface area contributed by atoms with Gasteiger partial charge in [-0.15, -0.1) is 0 Å². The van der Waals surface area contributed by atoms with Gasteiger partial charge in [-0.2, -0.15) is 0 Å². The quantitative estimate of drug-likeness (QED) is 0.598. The molecule has 1 saturated heterocycles. The highest BCUT2D eigenvalue weighted by Crippen LogP contribution is 2.34. The molecular weight excluding hydrogens is 438 g/mol. The Kier molecular flexibility index (Phi) is 6.57. The van der Waals surface area contributed by atoms with E-state index in [4.69, 9.17) is 34.7 Å². The van der Waals surface area contributed by atoms with Crippen molar-refractivity contribution in [1.82, 2.24) is 14.9 Å². The van der Waals surface area contributed by atoms with Crippen molar-refractivity contribution in [2.24, 2.45) is 5.73 Å². The molecule has 6 nitrogen and oxygen atoms in total. The molecule has 3 aromatic rings. The number of hydrogen-bond acceptors (Lipinski definition) is 6. The fourth-order valence-electron chi connectivity index (χ4n) is 3.98. The number of halogens is 3. The van der Waals surface area contributed by atoms with E-state index in [9.17, 15) is 4.39 Å². The van der Waals surface area contributed by atoms with Crippen LogP contribution >= 0.6 is 23.2 Å². The Morgan fingerprint density at radius 3 is 2.32 bits per heavy atom. The van der Waals surface area contributed by atoms with E-state index in [0.717, 1.165) is 48.7 Å². The highest BCUT2D eigenvalue weighted by molar-refractivity contribution is 6.42. The van der Waals surface area contributed by atoms with Crippen molar-refractivity contribution in [3.8, 4) is 11.1 Å². The van der Waals surface area contributed by atoms with E-state index in [2.05, 4.69) is 19.8 Å². The number of nitrogens with zero attached hydrogens (tertiary/aromatic N) is 4. The number of aromatic nitrogens is 2. The van der Waals surface area contributed by atoms with Gasteiger partial charge in [0, 0.05) is 38.8 Å². The van der Waals surface area contributed by atoms with Gasteiger partial charge in [0.25, 0.3) is 0 Å². The second-order valence-electron chi connectivity index (χ2n) is 7.41. The molecule has 1 atom stereocenters. The number of anilines is 2. The van der Waals surface area contributed by atoms with E-state index >= 15 is 0 Å². The average Bonchev–Trinajstić information content (AvgIpc) is 2.78. The summed E-state index contributed by atoms with van der Waals surface area (Å²) in [6.45, 7) is 3.52. The molecule has 9 heteroatoms. The molecule has 2 aromatic carbocycles. The minimum atomic E-state index is -0.301. The number of piperazine rings is 1. The Morgan fingerprint density at radius 1 is 0.968 bits per heavy atom. The summed E-state index contributed by atoms with van der Waals surface area (Å²) in [5.74, 6) is 0.816. The molecule has 2 heterocycles. The standard InChI is InChI=1S/C22H23Cl2FN6/c23-17-6-3-15(11-18(17)24)19(12-26)30-7-9-31(10-8-30)22-20(21(27)28-13-29-22)14-1-4-16(25)5-2-14/h1-6,11,13,19H,7-10,12,26H2,(H2,27,28,29). The molecule has 1 aliphatic rings. The van der Waals surface area contributed by atoms with Gasteiger partial charge < -0.3 is 16.4 Å². The predicted octanol–water partition coefficient (Wildman–Crippen LogP) is 3.99. The third-order valence-corrected chi connectivity index (χ3v) is 6.33. The smallest absolute Gasteiger partial charge is 0.142 e. The minimum Gasteiger partial charge on any atom is -0.383 e. The molecule has 1 unspecified atom stereocenters. The van der Waals surface area contributed by atoms with E-state index in [-0.39, 0.29) is 11.9 Å². The monoisotopic (exact) mass is 460 g/mol. The molecule has 0 spiro atoms. The lowest BCUT2D eigenvalue weighted by Gasteiger charge is -2.40. The van der Waals surface area contributed by atoms with Gasteiger partial charge in [-0.3, -0.25) is 4.90 Å². The van der Waals surface area contributed by atoms with Crippen LogP contribution < -0.4 is 16.4 Å². The van der Waals surface area contributed by atoms with Crippen molar-refractivity contribution in [1.29, 1.82) is 0 Å². The fraction of sp³-hybridized carbons (Fsp3) is 0.273. The minimum absolute atomic E-state index is 0.0453. The van der Waals surface area contributed by atoms with Crippen LogP contribution in [0.15, 0.2) is 48.8 Å². The molecule has 1 aromatic heterocycles. The largest absolute Gasteiger partial charge is 0.383 e. The molecule has 0 radical (unpaired) electrons. The molecule has 31 heavy (non-hydrogen) atoms. The Labute approximate surface area is 190 Å². The first-order chi connectivity index (χ1) is 15.0. The second-order valence-corrected chi connectivity index (χ2v) is 8.23. The van der Waals surface area contributed by atoms with Gasteiger partial charge in [0.1, 0.15) is 23.8 Å². The Balaban J connectivity index is 1.54. The highest BCUT2D eigenvalue weighted by atomic mass is 35.5. The van der Waals surface area contributed by atoms with Gasteiger partial charge in [0.05, 0.1) is 15.6 Å².